The number of rotatable bonds is 6. The molecule has 3 aromatic rings. The zero-order valence-corrected chi connectivity index (χ0v) is 14.0. The zero-order valence-electron chi connectivity index (χ0n) is 14.0. The molecule has 1 heterocycles. The first-order valence-corrected chi connectivity index (χ1v) is 7.89. The normalized spacial score (nSPS) is 11.6. The molecular formula is C18H15N5O4. The Balaban J connectivity index is 1.91. The summed E-state index contributed by atoms with van der Waals surface area (Å²) in [6.45, 7) is 0. The first-order chi connectivity index (χ1) is 13.0. The molecule has 0 aliphatic carbocycles. The molecule has 0 radical (unpaired) electrons. The molecule has 0 bridgehead atoms. The Kier molecular flexibility index (Phi) is 4.93. The molecule has 0 saturated heterocycles. The number of nitrogens with zero attached hydrogens (tertiary/aromatic N) is 3. The molecule has 0 aliphatic heterocycles. The van der Waals surface area contributed by atoms with Crippen LogP contribution < -0.4 is 11.1 Å². The number of nitro groups is 1. The van der Waals surface area contributed by atoms with Crippen molar-refractivity contribution in [2.24, 2.45) is 5.73 Å². The highest BCUT2D eigenvalue weighted by Crippen LogP contribution is 2.24. The van der Waals surface area contributed by atoms with E-state index in [1.807, 2.05) is 0 Å². The largest absolute Gasteiger partial charge is 0.368 e. The third-order valence-electron chi connectivity index (χ3n) is 3.91. The van der Waals surface area contributed by atoms with Crippen LogP contribution in [0, 0.1) is 10.1 Å². The van der Waals surface area contributed by atoms with Crippen LogP contribution in [0.2, 0.25) is 0 Å². The summed E-state index contributed by atoms with van der Waals surface area (Å²) in [7, 11) is 0. The Bertz CT molecular complexity index is 986. The van der Waals surface area contributed by atoms with Gasteiger partial charge in [0, 0.05) is 24.0 Å². The summed E-state index contributed by atoms with van der Waals surface area (Å²) in [6, 6.07) is 11.5. The number of benzene rings is 2. The fraction of sp³-hybridized carbons (Fsp3) is 0.0556. The Morgan fingerprint density at radius 1 is 1.19 bits per heavy atom. The zero-order chi connectivity index (χ0) is 19.4. The summed E-state index contributed by atoms with van der Waals surface area (Å²) < 4.78 is 1.47. The molecule has 3 rings (SSSR count). The van der Waals surface area contributed by atoms with Gasteiger partial charge < -0.3 is 15.6 Å². The fourth-order valence-corrected chi connectivity index (χ4v) is 2.61. The first kappa shape index (κ1) is 17.8. The van der Waals surface area contributed by atoms with Gasteiger partial charge in [-0.25, -0.2) is 4.98 Å². The fourth-order valence-electron chi connectivity index (χ4n) is 2.61. The Labute approximate surface area is 153 Å². The van der Waals surface area contributed by atoms with Crippen LogP contribution in [0.5, 0.6) is 0 Å². The van der Waals surface area contributed by atoms with Crippen molar-refractivity contribution >= 4 is 17.5 Å². The first-order valence-electron chi connectivity index (χ1n) is 7.89. The van der Waals surface area contributed by atoms with E-state index >= 15 is 0 Å². The van der Waals surface area contributed by atoms with Gasteiger partial charge in [0.15, 0.2) is 0 Å². The Hall–Kier alpha value is -4.01. The van der Waals surface area contributed by atoms with Crippen molar-refractivity contribution in [2.45, 2.75) is 6.04 Å². The molecule has 2 aromatic carbocycles. The van der Waals surface area contributed by atoms with Crippen LogP contribution in [0.15, 0.2) is 67.3 Å². The van der Waals surface area contributed by atoms with Gasteiger partial charge >= 0.3 is 0 Å². The van der Waals surface area contributed by atoms with Gasteiger partial charge in [-0.3, -0.25) is 19.7 Å². The van der Waals surface area contributed by atoms with E-state index in [2.05, 4.69) is 10.3 Å². The molecule has 9 heteroatoms. The molecule has 0 spiro atoms. The second-order valence-electron chi connectivity index (χ2n) is 5.65. The molecule has 2 amide bonds. The van der Waals surface area contributed by atoms with Crippen LogP contribution >= 0.6 is 0 Å². The van der Waals surface area contributed by atoms with Gasteiger partial charge in [-0.05, 0) is 17.7 Å². The van der Waals surface area contributed by atoms with E-state index in [1.54, 1.807) is 36.5 Å². The molecule has 1 aromatic heterocycles. The Morgan fingerprint density at radius 3 is 2.52 bits per heavy atom. The number of carbonyl (C=O) groups is 2. The standard InChI is InChI=1S/C18H15N5O4/c19-17(24)16(12-4-2-1-3-5-12)21-18(25)13-6-7-14(15(10-13)23(26)27)22-9-8-20-11-22/h1-11,16H,(H2,19,24)(H,21,25). The van der Waals surface area contributed by atoms with Gasteiger partial charge in [-0.15, -0.1) is 0 Å². The molecule has 136 valence electrons. The number of imidazole rings is 1. The summed E-state index contributed by atoms with van der Waals surface area (Å²) in [5, 5.41) is 13.9. The summed E-state index contributed by atoms with van der Waals surface area (Å²) in [6.07, 6.45) is 4.46. The van der Waals surface area contributed by atoms with E-state index in [-0.39, 0.29) is 16.9 Å². The van der Waals surface area contributed by atoms with Gasteiger partial charge in [0.2, 0.25) is 5.91 Å². The van der Waals surface area contributed by atoms with E-state index in [0.717, 1.165) is 6.07 Å². The van der Waals surface area contributed by atoms with Crippen LogP contribution in [0.25, 0.3) is 5.69 Å². The van der Waals surface area contributed by atoms with Crippen LogP contribution in [0.4, 0.5) is 5.69 Å². The predicted octanol–water partition coefficient (Wildman–Crippen LogP) is 1.74. The number of nitrogens with one attached hydrogen (secondary N) is 1. The molecule has 1 atom stereocenters. The van der Waals surface area contributed by atoms with Crippen molar-refractivity contribution in [1.29, 1.82) is 0 Å². The second kappa shape index (κ2) is 7.48. The van der Waals surface area contributed by atoms with Crippen LogP contribution in [0.1, 0.15) is 22.0 Å². The van der Waals surface area contributed by atoms with Gasteiger partial charge in [-0.1, -0.05) is 30.3 Å². The van der Waals surface area contributed by atoms with E-state index in [1.165, 1.54) is 29.2 Å². The van der Waals surface area contributed by atoms with Crippen molar-refractivity contribution in [2.75, 3.05) is 0 Å². The highest BCUT2D eigenvalue weighted by Gasteiger charge is 2.23. The maximum atomic E-state index is 12.5. The smallest absolute Gasteiger partial charge is 0.294 e. The van der Waals surface area contributed by atoms with E-state index in [9.17, 15) is 19.7 Å². The number of hydrogen-bond donors (Lipinski definition) is 2. The van der Waals surface area contributed by atoms with Crippen molar-refractivity contribution in [3.63, 3.8) is 0 Å². The minimum atomic E-state index is -1.05. The lowest BCUT2D eigenvalue weighted by atomic mass is 10.1. The van der Waals surface area contributed by atoms with Crippen LogP contribution in [-0.2, 0) is 4.79 Å². The summed E-state index contributed by atoms with van der Waals surface area (Å²) in [4.78, 5) is 39.0. The molecule has 9 nitrogen and oxygen atoms in total. The van der Waals surface area contributed by atoms with Gasteiger partial charge in [-0.2, -0.15) is 0 Å². The topological polar surface area (TPSA) is 133 Å². The Morgan fingerprint density at radius 2 is 1.93 bits per heavy atom. The number of amides is 2. The quantitative estimate of drug-likeness (QED) is 0.507. The number of aromatic nitrogens is 2. The molecule has 1 unspecified atom stereocenters. The van der Waals surface area contributed by atoms with Crippen LogP contribution in [0.3, 0.4) is 0 Å². The lowest BCUT2D eigenvalue weighted by Crippen LogP contribution is -2.37. The maximum absolute atomic E-state index is 12.5. The number of primary amides is 1. The molecule has 27 heavy (non-hydrogen) atoms. The third-order valence-corrected chi connectivity index (χ3v) is 3.91. The van der Waals surface area contributed by atoms with Crippen molar-refractivity contribution in [3.8, 4) is 5.69 Å². The number of nitrogens with two attached hydrogens (primary N) is 1. The van der Waals surface area contributed by atoms with E-state index in [0.29, 0.717) is 5.56 Å². The van der Waals surface area contributed by atoms with Crippen molar-refractivity contribution < 1.29 is 14.5 Å². The predicted molar refractivity (Wildman–Crippen MR) is 96.1 cm³/mol. The minimum absolute atomic E-state index is 0.0350. The number of nitro benzene ring substituents is 1. The number of carbonyl (C=O) groups excluding carboxylic acids is 2. The highest BCUT2D eigenvalue weighted by atomic mass is 16.6. The monoisotopic (exact) mass is 365 g/mol. The van der Waals surface area contributed by atoms with Gasteiger partial charge in [0.05, 0.1) is 11.3 Å². The maximum Gasteiger partial charge on any atom is 0.294 e. The minimum Gasteiger partial charge on any atom is -0.368 e. The van der Waals surface area contributed by atoms with Crippen LogP contribution in [-0.4, -0.2) is 26.3 Å². The average Bonchev–Trinajstić information content (AvgIpc) is 3.20. The summed E-state index contributed by atoms with van der Waals surface area (Å²) >= 11 is 0. The van der Waals surface area contributed by atoms with Gasteiger partial charge in [0.1, 0.15) is 11.7 Å². The molecule has 0 saturated carbocycles. The van der Waals surface area contributed by atoms with E-state index < -0.39 is 22.8 Å². The van der Waals surface area contributed by atoms with Crippen molar-refractivity contribution in [3.05, 3.63) is 88.5 Å². The SMILES string of the molecule is NC(=O)C(NC(=O)c1ccc(-n2ccnc2)c([N+](=O)[O-])c1)c1ccccc1. The average molecular weight is 365 g/mol. The second-order valence-corrected chi connectivity index (χ2v) is 5.65. The van der Waals surface area contributed by atoms with E-state index in [4.69, 9.17) is 5.73 Å². The molecular weight excluding hydrogens is 350 g/mol. The highest BCUT2D eigenvalue weighted by molar-refractivity contribution is 5.98. The third kappa shape index (κ3) is 3.82. The van der Waals surface area contributed by atoms with Crippen molar-refractivity contribution in [1.82, 2.24) is 14.9 Å². The molecule has 0 fully saturated rings. The summed E-state index contributed by atoms with van der Waals surface area (Å²) in [5.74, 6) is -1.39. The molecule has 3 N–H and O–H groups in total. The van der Waals surface area contributed by atoms with Gasteiger partial charge in [0.25, 0.3) is 11.6 Å². The lowest BCUT2D eigenvalue weighted by molar-refractivity contribution is -0.384. The lowest BCUT2D eigenvalue weighted by Gasteiger charge is -2.16. The number of hydrogen-bond acceptors (Lipinski definition) is 5. The summed E-state index contributed by atoms with van der Waals surface area (Å²) in [5.41, 5.74) is 5.94. The molecule has 0 aliphatic rings.